The second-order valence-corrected chi connectivity index (χ2v) is 6.12. The summed E-state index contributed by atoms with van der Waals surface area (Å²) >= 11 is 3.20. The zero-order valence-electron chi connectivity index (χ0n) is 9.25. The van der Waals surface area contributed by atoms with Gasteiger partial charge in [-0.2, -0.15) is 0 Å². The SMILES string of the molecule is O=c1[nH]c2cc(Br)cc(/C=C/P(=O)(O)O)c2[nH]c1=O. The Hall–Kier alpha value is -1.47. The van der Waals surface area contributed by atoms with E-state index in [1.807, 2.05) is 0 Å². The average Bonchev–Trinajstić information content (AvgIpc) is 2.27. The lowest BCUT2D eigenvalue weighted by molar-refractivity contribution is 0.386. The largest absolute Gasteiger partial charge is 0.349 e. The molecule has 0 aliphatic carbocycles. The van der Waals surface area contributed by atoms with E-state index in [9.17, 15) is 14.2 Å². The zero-order chi connectivity index (χ0) is 14.2. The lowest BCUT2D eigenvalue weighted by Gasteiger charge is -2.03. The molecule has 2 rings (SSSR count). The number of aromatic nitrogens is 2. The molecule has 19 heavy (non-hydrogen) atoms. The van der Waals surface area contributed by atoms with Gasteiger partial charge in [-0.1, -0.05) is 15.9 Å². The predicted octanol–water partition coefficient (Wildman–Crippen LogP) is 1.13. The van der Waals surface area contributed by atoms with Gasteiger partial charge in [0.15, 0.2) is 0 Å². The number of halogens is 1. The van der Waals surface area contributed by atoms with Gasteiger partial charge in [0.05, 0.1) is 11.0 Å². The maximum absolute atomic E-state index is 11.3. The van der Waals surface area contributed by atoms with Gasteiger partial charge < -0.3 is 19.8 Å². The smallest absolute Gasteiger partial charge is 0.321 e. The summed E-state index contributed by atoms with van der Waals surface area (Å²) in [5.41, 5.74) is -0.626. The summed E-state index contributed by atoms with van der Waals surface area (Å²) in [5.74, 6) is 0.720. The lowest BCUT2D eigenvalue weighted by atomic mass is 10.2. The van der Waals surface area contributed by atoms with E-state index in [4.69, 9.17) is 9.79 Å². The summed E-state index contributed by atoms with van der Waals surface area (Å²) < 4.78 is 11.4. The van der Waals surface area contributed by atoms with Crippen LogP contribution in [0.15, 0.2) is 32.0 Å². The first-order chi connectivity index (χ1) is 8.76. The summed E-state index contributed by atoms with van der Waals surface area (Å²) in [5, 5.41) is 0. The standard InChI is InChI=1S/C10H8BrN2O5P/c11-6-3-5(1-2-19(16,17)18)8-7(4-6)12-9(14)10(15)13-8/h1-4H,(H,12,14)(H,13,15)(H2,16,17,18)/b2-1+. The van der Waals surface area contributed by atoms with E-state index >= 15 is 0 Å². The number of hydrogen-bond donors (Lipinski definition) is 4. The summed E-state index contributed by atoms with van der Waals surface area (Å²) in [6.07, 6.45) is 1.18. The van der Waals surface area contributed by atoms with Crippen molar-refractivity contribution in [2.75, 3.05) is 0 Å². The molecule has 2 aromatic rings. The predicted molar refractivity (Wildman–Crippen MR) is 74.0 cm³/mol. The summed E-state index contributed by atoms with van der Waals surface area (Å²) in [6, 6.07) is 3.13. The second kappa shape index (κ2) is 4.90. The van der Waals surface area contributed by atoms with E-state index in [2.05, 4.69) is 25.9 Å². The molecular weight excluding hydrogens is 339 g/mol. The summed E-state index contributed by atoms with van der Waals surface area (Å²) in [7, 11) is -4.31. The van der Waals surface area contributed by atoms with E-state index in [1.54, 1.807) is 12.1 Å². The molecule has 0 saturated carbocycles. The van der Waals surface area contributed by atoms with Crippen molar-refractivity contribution in [1.29, 1.82) is 0 Å². The van der Waals surface area contributed by atoms with Crippen molar-refractivity contribution in [3.05, 3.63) is 48.7 Å². The number of benzene rings is 1. The number of rotatable bonds is 2. The van der Waals surface area contributed by atoms with E-state index in [-0.39, 0.29) is 5.52 Å². The lowest BCUT2D eigenvalue weighted by Crippen LogP contribution is -2.29. The van der Waals surface area contributed by atoms with Crippen molar-refractivity contribution in [2.45, 2.75) is 0 Å². The van der Waals surface area contributed by atoms with Gasteiger partial charge in [0.1, 0.15) is 0 Å². The van der Waals surface area contributed by atoms with Crippen LogP contribution >= 0.6 is 23.5 Å². The molecule has 4 N–H and O–H groups in total. The van der Waals surface area contributed by atoms with Crippen LogP contribution in [0.25, 0.3) is 17.1 Å². The fourth-order valence-electron chi connectivity index (χ4n) is 1.52. The fourth-order valence-corrected chi connectivity index (χ4v) is 2.35. The average molecular weight is 347 g/mol. The molecule has 7 nitrogen and oxygen atoms in total. The van der Waals surface area contributed by atoms with Gasteiger partial charge in [0.2, 0.25) is 0 Å². The van der Waals surface area contributed by atoms with Crippen LogP contribution in [0.2, 0.25) is 0 Å². The Morgan fingerprint density at radius 1 is 1.16 bits per heavy atom. The highest BCUT2D eigenvalue weighted by Gasteiger charge is 2.09. The molecule has 0 amide bonds. The Morgan fingerprint density at radius 3 is 2.42 bits per heavy atom. The highest BCUT2D eigenvalue weighted by Crippen LogP contribution is 2.37. The summed E-state index contributed by atoms with van der Waals surface area (Å²) in [6.45, 7) is 0. The minimum Gasteiger partial charge on any atom is -0.321 e. The quantitative estimate of drug-likeness (QED) is 0.479. The molecule has 0 bridgehead atoms. The molecule has 1 heterocycles. The molecule has 0 radical (unpaired) electrons. The fraction of sp³-hybridized carbons (Fsp3) is 0. The van der Waals surface area contributed by atoms with Crippen LogP contribution in [0.1, 0.15) is 5.56 Å². The van der Waals surface area contributed by atoms with E-state index < -0.39 is 18.7 Å². The third-order valence-electron chi connectivity index (χ3n) is 2.27. The number of aromatic amines is 2. The third kappa shape index (κ3) is 3.30. The Labute approximate surface area is 114 Å². The molecule has 0 aliphatic rings. The molecule has 1 aromatic carbocycles. The number of nitrogens with one attached hydrogen (secondary N) is 2. The van der Waals surface area contributed by atoms with Gasteiger partial charge in [0, 0.05) is 15.9 Å². The van der Waals surface area contributed by atoms with Crippen LogP contribution in [-0.2, 0) is 4.57 Å². The highest BCUT2D eigenvalue weighted by molar-refractivity contribution is 9.10. The molecule has 0 unspecified atom stereocenters. The topological polar surface area (TPSA) is 123 Å². The van der Waals surface area contributed by atoms with Crippen LogP contribution in [0, 0.1) is 0 Å². The molecular formula is C10H8BrN2O5P. The van der Waals surface area contributed by atoms with Crippen molar-refractivity contribution < 1.29 is 14.4 Å². The number of fused-ring (bicyclic) bond motifs is 1. The van der Waals surface area contributed by atoms with Crippen LogP contribution in [0.4, 0.5) is 0 Å². The van der Waals surface area contributed by atoms with Gasteiger partial charge in [-0.25, -0.2) is 0 Å². The van der Waals surface area contributed by atoms with E-state index in [0.29, 0.717) is 15.6 Å². The second-order valence-electron chi connectivity index (χ2n) is 3.73. The molecule has 0 fully saturated rings. The zero-order valence-corrected chi connectivity index (χ0v) is 11.7. The monoisotopic (exact) mass is 346 g/mol. The maximum Gasteiger partial charge on any atom is 0.349 e. The first kappa shape index (κ1) is 14.0. The minimum absolute atomic E-state index is 0.289. The highest BCUT2D eigenvalue weighted by atomic mass is 79.9. The molecule has 9 heteroatoms. The van der Waals surface area contributed by atoms with Crippen LogP contribution in [0.3, 0.4) is 0 Å². The molecule has 0 aliphatic heterocycles. The van der Waals surface area contributed by atoms with Gasteiger partial charge in [-0.3, -0.25) is 14.2 Å². The molecule has 0 atom stereocenters. The molecule has 0 spiro atoms. The van der Waals surface area contributed by atoms with Crippen molar-refractivity contribution >= 4 is 40.6 Å². The molecule has 100 valence electrons. The van der Waals surface area contributed by atoms with Gasteiger partial charge in [0.25, 0.3) is 0 Å². The van der Waals surface area contributed by atoms with Gasteiger partial charge >= 0.3 is 18.7 Å². The van der Waals surface area contributed by atoms with E-state index in [1.165, 1.54) is 6.08 Å². The number of hydrogen-bond acceptors (Lipinski definition) is 3. The Morgan fingerprint density at radius 2 is 1.79 bits per heavy atom. The van der Waals surface area contributed by atoms with E-state index in [0.717, 1.165) is 5.82 Å². The Kier molecular flexibility index (Phi) is 3.60. The Balaban J connectivity index is 2.77. The molecule has 1 aromatic heterocycles. The van der Waals surface area contributed by atoms with Crippen LogP contribution in [0.5, 0.6) is 0 Å². The van der Waals surface area contributed by atoms with Crippen LogP contribution < -0.4 is 11.1 Å². The van der Waals surface area contributed by atoms with Crippen molar-refractivity contribution in [1.82, 2.24) is 9.97 Å². The van der Waals surface area contributed by atoms with Gasteiger partial charge in [-0.05, 0) is 18.2 Å². The Bertz CT molecular complexity index is 832. The van der Waals surface area contributed by atoms with Crippen molar-refractivity contribution in [3.8, 4) is 0 Å². The van der Waals surface area contributed by atoms with Crippen molar-refractivity contribution in [3.63, 3.8) is 0 Å². The number of H-pyrrole nitrogens is 2. The normalized spacial score (nSPS) is 12.4. The summed E-state index contributed by atoms with van der Waals surface area (Å²) in [4.78, 5) is 44.8. The first-order valence-electron chi connectivity index (χ1n) is 4.96. The minimum atomic E-state index is -4.31. The maximum atomic E-state index is 11.3. The van der Waals surface area contributed by atoms with Crippen molar-refractivity contribution in [2.24, 2.45) is 0 Å². The first-order valence-corrected chi connectivity index (χ1v) is 7.44. The van der Waals surface area contributed by atoms with Gasteiger partial charge in [-0.15, -0.1) is 0 Å². The van der Waals surface area contributed by atoms with Crippen LogP contribution in [-0.4, -0.2) is 19.8 Å². The molecule has 0 saturated heterocycles. The third-order valence-corrected chi connectivity index (χ3v) is 3.27.